The zero-order chi connectivity index (χ0) is 17.4. The first kappa shape index (κ1) is 18.5. The van der Waals surface area contributed by atoms with Gasteiger partial charge in [0.25, 0.3) is 0 Å². The summed E-state index contributed by atoms with van der Waals surface area (Å²) in [5, 5.41) is 9.88. The van der Waals surface area contributed by atoms with Crippen molar-refractivity contribution in [3.8, 4) is 0 Å². The summed E-state index contributed by atoms with van der Waals surface area (Å²) in [4.78, 5) is 49.8. The Morgan fingerprint density at radius 3 is 1.74 bits per heavy atom. The van der Waals surface area contributed by atoms with Crippen molar-refractivity contribution in [2.24, 2.45) is 0 Å². The minimum absolute atomic E-state index is 0.0124. The Labute approximate surface area is 137 Å². The number of carboxylic acid groups (broad SMARTS) is 1. The maximum atomic E-state index is 12.1. The van der Waals surface area contributed by atoms with Crippen molar-refractivity contribution < 1.29 is 24.3 Å². The van der Waals surface area contributed by atoms with Crippen LogP contribution in [0.15, 0.2) is 36.8 Å². The topological polar surface area (TPSA) is 98.2 Å². The van der Waals surface area contributed by atoms with E-state index in [0.717, 1.165) is 23.9 Å². The van der Waals surface area contributed by atoms with Gasteiger partial charge in [0.15, 0.2) is 0 Å². The maximum absolute atomic E-state index is 12.1. The smallest absolute Gasteiger partial charge is 0.313 e. The van der Waals surface area contributed by atoms with Crippen molar-refractivity contribution in [3.63, 3.8) is 0 Å². The zero-order valence-electron chi connectivity index (χ0n) is 12.4. The van der Waals surface area contributed by atoms with Gasteiger partial charge in [-0.05, 0) is 17.6 Å². The molecule has 0 aromatic heterocycles. The summed E-state index contributed by atoms with van der Waals surface area (Å²) in [6.45, 7) is 6.83. The number of carboxylic acids is 1. The average Bonchev–Trinajstić information content (AvgIpc) is 2.56. The monoisotopic (exact) mass is 339 g/mol. The number of aliphatic carboxylic acids is 1. The van der Waals surface area contributed by atoms with Gasteiger partial charge in [0.2, 0.25) is 17.7 Å². The molecule has 1 fully saturated rings. The van der Waals surface area contributed by atoms with Crippen molar-refractivity contribution in [1.29, 1.82) is 0 Å². The molecule has 8 nitrogen and oxygen atoms in total. The predicted octanol–water partition coefficient (Wildman–Crippen LogP) is 0.0618. The van der Waals surface area contributed by atoms with E-state index in [4.69, 9.17) is 5.11 Å². The van der Waals surface area contributed by atoms with Crippen LogP contribution in [-0.4, -0.2) is 69.3 Å². The fourth-order valence-corrected chi connectivity index (χ4v) is 2.21. The van der Waals surface area contributed by atoms with Crippen LogP contribution in [0.1, 0.15) is 0 Å². The first-order chi connectivity index (χ1) is 10.9. The highest BCUT2D eigenvalue weighted by Gasteiger charge is 2.29. The number of thioether (sulfide) groups is 1. The second-order valence-electron chi connectivity index (χ2n) is 4.47. The first-order valence-corrected chi connectivity index (χ1v) is 7.55. The maximum Gasteiger partial charge on any atom is 0.313 e. The fourth-order valence-electron chi connectivity index (χ4n) is 1.76. The SMILES string of the molecule is C=CC(=O)N1CN(C(=O)C=C)CN(C(=O)/C=C/SCC(=O)O)C1. The van der Waals surface area contributed by atoms with Crippen LogP contribution >= 0.6 is 11.8 Å². The van der Waals surface area contributed by atoms with Gasteiger partial charge in [-0.15, -0.1) is 11.8 Å². The van der Waals surface area contributed by atoms with Gasteiger partial charge in [-0.2, -0.15) is 0 Å². The normalized spacial score (nSPS) is 14.7. The van der Waals surface area contributed by atoms with Gasteiger partial charge in [-0.1, -0.05) is 13.2 Å². The summed E-state index contributed by atoms with van der Waals surface area (Å²) in [6, 6.07) is 0. The van der Waals surface area contributed by atoms with Crippen LogP contribution in [0.4, 0.5) is 0 Å². The lowest BCUT2D eigenvalue weighted by molar-refractivity contribution is -0.152. The highest BCUT2D eigenvalue weighted by molar-refractivity contribution is 8.02. The van der Waals surface area contributed by atoms with E-state index < -0.39 is 23.7 Å². The largest absolute Gasteiger partial charge is 0.481 e. The number of carbonyl (C=O) groups excluding carboxylic acids is 3. The van der Waals surface area contributed by atoms with E-state index in [9.17, 15) is 19.2 Å². The average molecular weight is 339 g/mol. The van der Waals surface area contributed by atoms with E-state index in [1.54, 1.807) is 0 Å². The van der Waals surface area contributed by atoms with Crippen molar-refractivity contribution in [2.45, 2.75) is 0 Å². The molecule has 0 radical (unpaired) electrons. The highest BCUT2D eigenvalue weighted by atomic mass is 32.2. The molecule has 1 aliphatic heterocycles. The molecule has 0 spiro atoms. The molecule has 23 heavy (non-hydrogen) atoms. The molecule has 1 saturated heterocycles. The molecular formula is C14H17N3O5S. The highest BCUT2D eigenvalue weighted by Crippen LogP contribution is 2.11. The van der Waals surface area contributed by atoms with Gasteiger partial charge in [0.1, 0.15) is 0 Å². The Morgan fingerprint density at radius 2 is 1.35 bits per heavy atom. The van der Waals surface area contributed by atoms with Gasteiger partial charge in [0.05, 0.1) is 25.8 Å². The van der Waals surface area contributed by atoms with Crippen molar-refractivity contribution >= 4 is 35.5 Å². The molecular weight excluding hydrogens is 322 g/mol. The summed E-state index contributed by atoms with van der Waals surface area (Å²) in [6.07, 6.45) is 3.40. The Balaban J connectivity index is 2.78. The molecule has 1 rings (SSSR count). The van der Waals surface area contributed by atoms with Crippen LogP contribution in [0.3, 0.4) is 0 Å². The van der Waals surface area contributed by atoms with E-state index in [2.05, 4.69) is 13.2 Å². The van der Waals surface area contributed by atoms with Crippen molar-refractivity contribution in [2.75, 3.05) is 25.8 Å². The summed E-state index contributed by atoms with van der Waals surface area (Å²) in [5.41, 5.74) is 0. The third-order valence-electron chi connectivity index (χ3n) is 2.82. The number of hydrogen-bond acceptors (Lipinski definition) is 5. The minimum atomic E-state index is -0.990. The third-order valence-corrected chi connectivity index (χ3v) is 3.56. The minimum Gasteiger partial charge on any atom is -0.481 e. The molecule has 9 heteroatoms. The lowest BCUT2D eigenvalue weighted by atomic mass is 10.4. The summed E-state index contributed by atoms with van der Waals surface area (Å²) < 4.78 is 0. The van der Waals surface area contributed by atoms with Crippen LogP contribution < -0.4 is 0 Å². The van der Waals surface area contributed by atoms with Gasteiger partial charge in [0, 0.05) is 6.08 Å². The van der Waals surface area contributed by atoms with Crippen LogP contribution in [0, 0.1) is 0 Å². The molecule has 1 aliphatic rings. The van der Waals surface area contributed by atoms with E-state index in [0.29, 0.717) is 0 Å². The quantitative estimate of drug-likeness (QED) is 0.687. The first-order valence-electron chi connectivity index (χ1n) is 6.50. The molecule has 0 atom stereocenters. The number of hydrogen-bond donors (Lipinski definition) is 1. The third kappa shape index (κ3) is 5.62. The lowest BCUT2D eigenvalue weighted by Gasteiger charge is -2.41. The number of amides is 3. The van der Waals surface area contributed by atoms with Crippen LogP contribution in [0.2, 0.25) is 0 Å². The molecule has 0 unspecified atom stereocenters. The van der Waals surface area contributed by atoms with Gasteiger partial charge >= 0.3 is 5.97 Å². The van der Waals surface area contributed by atoms with E-state index >= 15 is 0 Å². The van der Waals surface area contributed by atoms with Gasteiger partial charge in [-0.25, -0.2) is 0 Å². The number of nitrogens with zero attached hydrogens (tertiary/aromatic N) is 3. The second-order valence-corrected chi connectivity index (χ2v) is 5.37. The molecule has 1 N–H and O–H groups in total. The van der Waals surface area contributed by atoms with Crippen molar-refractivity contribution in [1.82, 2.24) is 14.7 Å². The predicted molar refractivity (Wildman–Crippen MR) is 84.8 cm³/mol. The molecule has 0 bridgehead atoms. The van der Waals surface area contributed by atoms with Crippen LogP contribution in [0.5, 0.6) is 0 Å². The van der Waals surface area contributed by atoms with E-state index in [-0.39, 0.29) is 25.8 Å². The van der Waals surface area contributed by atoms with Crippen LogP contribution in [-0.2, 0) is 19.2 Å². The Kier molecular flexibility index (Phi) is 7.07. The standard InChI is InChI=1S/C14H17N3O5S/c1-3-11(18)15-8-16(12(19)4-2)10-17(9-15)13(20)5-6-23-7-14(21)22/h3-6H,1-2,7-10H2,(H,21,22)/b6-5+. The Hall–Kier alpha value is -2.55. The van der Waals surface area contributed by atoms with Crippen LogP contribution in [0.25, 0.3) is 0 Å². The zero-order valence-corrected chi connectivity index (χ0v) is 13.2. The molecule has 0 aromatic rings. The molecule has 124 valence electrons. The molecule has 0 saturated carbocycles. The molecule has 3 amide bonds. The lowest BCUT2D eigenvalue weighted by Crippen LogP contribution is -2.58. The van der Waals surface area contributed by atoms with E-state index in [1.807, 2.05) is 0 Å². The summed E-state index contributed by atoms with van der Waals surface area (Å²) >= 11 is 0.956. The molecule has 1 heterocycles. The number of rotatable bonds is 6. The summed E-state index contributed by atoms with van der Waals surface area (Å²) in [7, 11) is 0. The number of carbonyl (C=O) groups is 4. The fraction of sp³-hybridized carbons (Fsp3) is 0.286. The molecule has 0 aromatic carbocycles. The van der Waals surface area contributed by atoms with E-state index in [1.165, 1.54) is 26.2 Å². The van der Waals surface area contributed by atoms with Crippen molar-refractivity contribution in [3.05, 3.63) is 36.8 Å². The molecule has 0 aliphatic carbocycles. The van der Waals surface area contributed by atoms with Gasteiger partial charge < -0.3 is 19.8 Å². The Morgan fingerprint density at radius 1 is 0.913 bits per heavy atom. The Bertz CT molecular complexity index is 533. The van der Waals surface area contributed by atoms with Gasteiger partial charge in [-0.3, -0.25) is 19.2 Å². The second kappa shape index (κ2) is 8.79. The summed E-state index contributed by atoms with van der Waals surface area (Å²) in [5.74, 6) is -2.41.